The van der Waals surface area contributed by atoms with Crippen LogP contribution in [0.1, 0.15) is 33.2 Å². The van der Waals surface area contributed by atoms with Crippen LogP contribution in [0.15, 0.2) is 24.3 Å². The van der Waals surface area contributed by atoms with Crippen LogP contribution in [0, 0.1) is 6.92 Å². The van der Waals surface area contributed by atoms with Gasteiger partial charge in [-0.1, -0.05) is 29.0 Å². The second kappa shape index (κ2) is 9.54. The van der Waals surface area contributed by atoms with E-state index in [9.17, 15) is 9.59 Å². The fourth-order valence-corrected chi connectivity index (χ4v) is 3.21. The number of anilines is 1. The van der Waals surface area contributed by atoms with Crippen LogP contribution in [0.2, 0.25) is 0 Å². The monoisotopic (exact) mass is 390 g/mol. The van der Waals surface area contributed by atoms with E-state index in [1.54, 1.807) is 0 Å². The number of benzene rings is 1. The summed E-state index contributed by atoms with van der Waals surface area (Å²) in [6, 6.07) is 7.48. The van der Waals surface area contributed by atoms with Gasteiger partial charge in [0.25, 0.3) is 5.91 Å². The van der Waals surface area contributed by atoms with Crippen molar-refractivity contribution in [3.8, 4) is 0 Å². The molecule has 1 aliphatic rings. The van der Waals surface area contributed by atoms with E-state index < -0.39 is 0 Å². The maximum absolute atomic E-state index is 12.2. The molecule has 0 bridgehead atoms. The number of carbonyl (C=O) groups excluding carboxylic acids is 2. The van der Waals surface area contributed by atoms with E-state index in [1.807, 2.05) is 31.2 Å². The first-order chi connectivity index (χ1) is 13.1. The summed E-state index contributed by atoms with van der Waals surface area (Å²) in [6.45, 7) is 3.30. The fraction of sp³-hybridized carbons (Fsp3) is 0.444. The quantitative estimate of drug-likeness (QED) is 0.714. The van der Waals surface area contributed by atoms with Gasteiger partial charge >= 0.3 is 0 Å². The summed E-state index contributed by atoms with van der Waals surface area (Å²) in [5.41, 5.74) is 1.81. The molecule has 0 aliphatic carbocycles. The molecule has 0 saturated carbocycles. The number of hydrogen-bond acceptors (Lipinski definition) is 7. The van der Waals surface area contributed by atoms with E-state index in [4.69, 9.17) is 9.47 Å². The van der Waals surface area contributed by atoms with Crippen molar-refractivity contribution >= 4 is 28.8 Å². The Morgan fingerprint density at radius 1 is 1.30 bits per heavy atom. The zero-order chi connectivity index (χ0) is 19.1. The van der Waals surface area contributed by atoms with E-state index in [2.05, 4.69) is 20.8 Å². The van der Waals surface area contributed by atoms with Crippen molar-refractivity contribution in [3.05, 3.63) is 39.8 Å². The Morgan fingerprint density at radius 3 is 2.85 bits per heavy atom. The minimum Gasteiger partial charge on any atom is -0.376 e. The highest BCUT2D eigenvalue weighted by Crippen LogP contribution is 2.15. The zero-order valence-corrected chi connectivity index (χ0v) is 15.9. The summed E-state index contributed by atoms with van der Waals surface area (Å²) in [5.74, 6) is -0.524. The first-order valence-corrected chi connectivity index (χ1v) is 9.58. The van der Waals surface area contributed by atoms with Gasteiger partial charge in [0.1, 0.15) is 18.2 Å². The minimum atomic E-state index is -0.322. The van der Waals surface area contributed by atoms with Crippen LogP contribution in [0.25, 0.3) is 0 Å². The predicted molar refractivity (Wildman–Crippen MR) is 101 cm³/mol. The molecule has 2 heterocycles. The predicted octanol–water partition coefficient (Wildman–Crippen LogP) is 1.91. The number of carbonyl (C=O) groups is 2. The van der Waals surface area contributed by atoms with Gasteiger partial charge in [0.15, 0.2) is 0 Å². The van der Waals surface area contributed by atoms with Crippen LogP contribution in [-0.4, -0.2) is 47.9 Å². The Balaban J connectivity index is 1.38. The van der Waals surface area contributed by atoms with Crippen molar-refractivity contribution in [1.82, 2.24) is 15.5 Å². The Hall–Kier alpha value is -2.36. The summed E-state index contributed by atoms with van der Waals surface area (Å²) >= 11 is 1.14. The lowest BCUT2D eigenvalue weighted by Crippen LogP contribution is -2.34. The highest BCUT2D eigenvalue weighted by molar-refractivity contribution is 7.13. The number of aromatic nitrogens is 2. The van der Waals surface area contributed by atoms with E-state index >= 15 is 0 Å². The summed E-state index contributed by atoms with van der Waals surface area (Å²) in [7, 11) is 0. The van der Waals surface area contributed by atoms with Crippen molar-refractivity contribution in [2.75, 3.05) is 25.1 Å². The molecule has 0 unspecified atom stereocenters. The number of ether oxygens (including phenoxy) is 2. The topological polar surface area (TPSA) is 102 Å². The maximum Gasteiger partial charge on any atom is 0.286 e. The number of nitrogens with zero attached hydrogens (tertiary/aromatic N) is 2. The Morgan fingerprint density at radius 2 is 2.11 bits per heavy atom. The average molecular weight is 390 g/mol. The average Bonchev–Trinajstić information content (AvgIpc) is 3.34. The molecule has 1 fully saturated rings. The SMILES string of the molecule is Cc1ccc(NC(=O)c2nnc(COCC(=O)NC[C@@H]3CCCO3)s2)cc1. The molecule has 1 aliphatic heterocycles. The van der Waals surface area contributed by atoms with E-state index in [0.717, 1.165) is 36.3 Å². The van der Waals surface area contributed by atoms with Gasteiger partial charge in [-0.3, -0.25) is 9.59 Å². The molecule has 3 rings (SSSR count). The van der Waals surface area contributed by atoms with Gasteiger partial charge in [-0.2, -0.15) is 0 Å². The van der Waals surface area contributed by atoms with Crippen LogP contribution < -0.4 is 10.6 Å². The molecule has 1 aromatic heterocycles. The van der Waals surface area contributed by atoms with Crippen LogP contribution >= 0.6 is 11.3 Å². The zero-order valence-electron chi connectivity index (χ0n) is 15.1. The normalized spacial score (nSPS) is 16.3. The van der Waals surface area contributed by atoms with Crippen molar-refractivity contribution < 1.29 is 19.1 Å². The molecule has 0 spiro atoms. The molecule has 1 saturated heterocycles. The Kier molecular flexibility index (Phi) is 6.86. The van der Waals surface area contributed by atoms with Crippen LogP contribution in [0.3, 0.4) is 0 Å². The number of rotatable bonds is 8. The van der Waals surface area contributed by atoms with Crippen molar-refractivity contribution in [2.45, 2.75) is 32.5 Å². The van der Waals surface area contributed by atoms with Gasteiger partial charge in [0.05, 0.1) is 6.10 Å². The highest BCUT2D eigenvalue weighted by atomic mass is 32.1. The lowest BCUT2D eigenvalue weighted by atomic mass is 10.2. The number of amides is 2. The molecular formula is C18H22N4O4S. The fourth-order valence-electron chi connectivity index (χ4n) is 2.54. The third-order valence-electron chi connectivity index (χ3n) is 3.98. The molecule has 2 amide bonds. The van der Waals surface area contributed by atoms with E-state index in [1.165, 1.54) is 0 Å². The van der Waals surface area contributed by atoms with Crippen molar-refractivity contribution in [2.24, 2.45) is 0 Å². The van der Waals surface area contributed by atoms with Gasteiger partial charge in [-0.15, -0.1) is 10.2 Å². The summed E-state index contributed by atoms with van der Waals surface area (Å²) in [5, 5.41) is 14.1. The number of hydrogen-bond donors (Lipinski definition) is 2. The third kappa shape index (κ3) is 6.09. The van der Waals surface area contributed by atoms with Crippen LogP contribution in [0.5, 0.6) is 0 Å². The van der Waals surface area contributed by atoms with Gasteiger partial charge in [-0.25, -0.2) is 0 Å². The van der Waals surface area contributed by atoms with Gasteiger partial charge in [0, 0.05) is 18.8 Å². The molecular weight excluding hydrogens is 368 g/mol. The summed E-state index contributed by atoms with van der Waals surface area (Å²) in [4.78, 5) is 23.9. The molecule has 1 atom stereocenters. The second-order valence-corrected chi connectivity index (χ2v) is 7.32. The molecule has 2 N–H and O–H groups in total. The third-order valence-corrected chi connectivity index (χ3v) is 4.88. The van der Waals surface area contributed by atoms with Gasteiger partial charge in [0.2, 0.25) is 10.9 Å². The smallest absolute Gasteiger partial charge is 0.286 e. The van der Waals surface area contributed by atoms with Crippen molar-refractivity contribution in [3.63, 3.8) is 0 Å². The number of nitrogens with one attached hydrogen (secondary N) is 2. The number of aryl methyl sites for hydroxylation is 1. The molecule has 1 aromatic carbocycles. The van der Waals surface area contributed by atoms with Gasteiger partial charge < -0.3 is 20.1 Å². The Bertz CT molecular complexity index is 772. The maximum atomic E-state index is 12.2. The molecule has 27 heavy (non-hydrogen) atoms. The van der Waals surface area contributed by atoms with Crippen LogP contribution in [-0.2, 0) is 20.9 Å². The molecule has 0 radical (unpaired) electrons. The molecule has 9 heteroatoms. The van der Waals surface area contributed by atoms with E-state index in [-0.39, 0.29) is 36.1 Å². The molecule has 8 nitrogen and oxygen atoms in total. The largest absolute Gasteiger partial charge is 0.376 e. The summed E-state index contributed by atoms with van der Waals surface area (Å²) < 4.78 is 10.8. The summed E-state index contributed by atoms with van der Waals surface area (Å²) in [6.07, 6.45) is 2.11. The lowest BCUT2D eigenvalue weighted by Gasteiger charge is -2.10. The Labute approximate surface area is 161 Å². The van der Waals surface area contributed by atoms with Crippen molar-refractivity contribution in [1.29, 1.82) is 0 Å². The highest BCUT2D eigenvalue weighted by Gasteiger charge is 2.16. The minimum absolute atomic E-state index is 0.0722. The van der Waals surface area contributed by atoms with Crippen LogP contribution in [0.4, 0.5) is 5.69 Å². The van der Waals surface area contributed by atoms with Gasteiger partial charge in [-0.05, 0) is 31.9 Å². The first kappa shape index (κ1) is 19.4. The second-order valence-electron chi connectivity index (χ2n) is 6.25. The molecule has 2 aromatic rings. The van der Waals surface area contributed by atoms with E-state index in [0.29, 0.717) is 17.2 Å². The first-order valence-electron chi connectivity index (χ1n) is 8.76. The lowest BCUT2D eigenvalue weighted by molar-refractivity contribution is -0.126. The standard InChI is InChI=1S/C18H22N4O4S/c1-12-4-6-13(7-5-12)20-17(24)18-22-21-16(27-18)11-25-10-15(23)19-9-14-3-2-8-26-14/h4-7,14H,2-3,8-11H2,1H3,(H,19,23)(H,20,24)/t14-/m0/s1. The molecule has 144 valence electrons.